The summed E-state index contributed by atoms with van der Waals surface area (Å²) in [7, 11) is 1.57. The number of nitrogens with one attached hydrogen (secondary N) is 1. The van der Waals surface area contributed by atoms with Gasteiger partial charge in [0.25, 0.3) is 5.91 Å². The highest BCUT2D eigenvalue weighted by Gasteiger charge is 2.28. The summed E-state index contributed by atoms with van der Waals surface area (Å²) in [5.41, 5.74) is 2.05. The van der Waals surface area contributed by atoms with Crippen LogP contribution in [0, 0.1) is 6.92 Å². The fourth-order valence-corrected chi connectivity index (χ4v) is 3.60. The first kappa shape index (κ1) is 22.2. The van der Waals surface area contributed by atoms with Gasteiger partial charge in [-0.3, -0.25) is 9.59 Å². The average Bonchev–Trinajstić information content (AvgIpc) is 2.68. The van der Waals surface area contributed by atoms with Gasteiger partial charge in [0.2, 0.25) is 5.91 Å². The predicted octanol–water partition coefficient (Wildman–Crippen LogP) is 4.34. The molecule has 0 aliphatic heterocycles. The first-order chi connectivity index (χ1) is 13.4. The van der Waals surface area contributed by atoms with Gasteiger partial charge in [0, 0.05) is 18.1 Å². The van der Waals surface area contributed by atoms with E-state index >= 15 is 0 Å². The number of carbonyl (C=O) groups is 2. The number of halogens is 2. The van der Waals surface area contributed by atoms with Crippen molar-refractivity contribution in [1.29, 1.82) is 0 Å². The SMILES string of the molecule is CC[C@@H](C(=O)NC)N(Cc1ccccc1C)C(=O)COc1ccc(Br)cc1Cl. The van der Waals surface area contributed by atoms with Gasteiger partial charge < -0.3 is 15.0 Å². The highest BCUT2D eigenvalue weighted by Crippen LogP contribution is 2.28. The summed E-state index contributed by atoms with van der Waals surface area (Å²) in [6, 6.07) is 12.4. The van der Waals surface area contributed by atoms with Gasteiger partial charge in [-0.05, 0) is 42.7 Å². The Labute approximate surface area is 179 Å². The monoisotopic (exact) mass is 466 g/mol. The van der Waals surface area contributed by atoms with Crippen molar-refractivity contribution >= 4 is 39.3 Å². The summed E-state index contributed by atoms with van der Waals surface area (Å²) in [5.74, 6) is -0.0640. The topological polar surface area (TPSA) is 58.6 Å². The molecule has 1 N–H and O–H groups in total. The Morgan fingerprint density at radius 2 is 1.96 bits per heavy atom. The quantitative estimate of drug-likeness (QED) is 0.628. The van der Waals surface area contributed by atoms with Crippen molar-refractivity contribution in [2.24, 2.45) is 0 Å². The lowest BCUT2D eigenvalue weighted by molar-refractivity contribution is -0.142. The van der Waals surface area contributed by atoms with E-state index in [1.807, 2.05) is 38.1 Å². The standard InChI is InChI=1S/C21H24BrClN2O3/c1-4-18(21(27)24-3)25(12-15-8-6-5-7-14(15)2)20(26)13-28-19-10-9-16(22)11-17(19)23/h5-11,18H,4,12-13H2,1-3H3,(H,24,27)/t18-/m0/s1. The Hall–Kier alpha value is -2.05. The molecule has 7 heteroatoms. The van der Waals surface area contributed by atoms with E-state index in [-0.39, 0.29) is 18.4 Å². The zero-order valence-corrected chi connectivity index (χ0v) is 18.5. The van der Waals surface area contributed by atoms with E-state index < -0.39 is 6.04 Å². The van der Waals surface area contributed by atoms with Gasteiger partial charge in [0.1, 0.15) is 11.8 Å². The van der Waals surface area contributed by atoms with Crippen LogP contribution in [-0.4, -0.2) is 36.4 Å². The number of rotatable bonds is 8. The lowest BCUT2D eigenvalue weighted by atomic mass is 10.1. The second-order valence-electron chi connectivity index (χ2n) is 6.35. The van der Waals surface area contributed by atoms with Gasteiger partial charge in [-0.15, -0.1) is 0 Å². The fraction of sp³-hybridized carbons (Fsp3) is 0.333. The Bertz CT molecular complexity index is 844. The van der Waals surface area contributed by atoms with Crippen LogP contribution in [0.1, 0.15) is 24.5 Å². The number of carbonyl (C=O) groups excluding carboxylic acids is 2. The minimum Gasteiger partial charge on any atom is -0.482 e. The molecule has 0 bridgehead atoms. The zero-order valence-electron chi connectivity index (χ0n) is 16.2. The molecule has 0 aromatic heterocycles. The molecule has 0 heterocycles. The van der Waals surface area contributed by atoms with Crippen molar-refractivity contribution < 1.29 is 14.3 Å². The van der Waals surface area contributed by atoms with Gasteiger partial charge in [-0.25, -0.2) is 0 Å². The molecular formula is C21H24BrClN2O3. The largest absolute Gasteiger partial charge is 0.482 e. The predicted molar refractivity (Wildman–Crippen MR) is 115 cm³/mol. The maximum Gasteiger partial charge on any atom is 0.261 e. The maximum absolute atomic E-state index is 13.0. The molecule has 1 atom stereocenters. The van der Waals surface area contributed by atoms with Crippen LogP contribution in [0.3, 0.4) is 0 Å². The Kier molecular flexibility index (Phi) is 8.33. The van der Waals surface area contributed by atoms with Crippen LogP contribution in [0.4, 0.5) is 0 Å². The lowest BCUT2D eigenvalue weighted by Crippen LogP contribution is -2.49. The number of benzene rings is 2. The molecular weight excluding hydrogens is 444 g/mol. The molecule has 0 unspecified atom stereocenters. The lowest BCUT2D eigenvalue weighted by Gasteiger charge is -2.30. The number of amides is 2. The number of hydrogen-bond acceptors (Lipinski definition) is 3. The fourth-order valence-electron chi connectivity index (χ4n) is 2.87. The minimum absolute atomic E-state index is 0.203. The summed E-state index contributed by atoms with van der Waals surface area (Å²) >= 11 is 9.50. The first-order valence-corrected chi connectivity index (χ1v) is 10.2. The molecule has 0 aliphatic rings. The van der Waals surface area contributed by atoms with Crippen LogP contribution >= 0.6 is 27.5 Å². The van der Waals surface area contributed by atoms with Gasteiger partial charge in [0.05, 0.1) is 5.02 Å². The molecule has 2 aromatic carbocycles. The highest BCUT2D eigenvalue weighted by molar-refractivity contribution is 9.10. The van der Waals surface area contributed by atoms with Crippen LogP contribution in [0.25, 0.3) is 0 Å². The normalized spacial score (nSPS) is 11.6. The third-order valence-corrected chi connectivity index (χ3v) is 5.27. The van der Waals surface area contributed by atoms with E-state index in [9.17, 15) is 9.59 Å². The Balaban J connectivity index is 2.22. The van der Waals surface area contributed by atoms with Gasteiger partial charge in [-0.2, -0.15) is 0 Å². The van der Waals surface area contributed by atoms with Crippen molar-refractivity contribution in [3.8, 4) is 5.75 Å². The smallest absolute Gasteiger partial charge is 0.261 e. The van der Waals surface area contributed by atoms with Crippen LogP contribution in [0.2, 0.25) is 5.02 Å². The summed E-state index contributed by atoms with van der Waals surface area (Å²) in [4.78, 5) is 26.9. The first-order valence-electron chi connectivity index (χ1n) is 9.00. The van der Waals surface area contributed by atoms with E-state index in [0.29, 0.717) is 23.7 Å². The number of nitrogens with zero attached hydrogens (tertiary/aromatic N) is 1. The molecule has 0 saturated carbocycles. The van der Waals surface area contributed by atoms with Crippen LogP contribution < -0.4 is 10.1 Å². The minimum atomic E-state index is -0.582. The molecule has 0 saturated heterocycles. The maximum atomic E-state index is 13.0. The zero-order chi connectivity index (χ0) is 20.7. The highest BCUT2D eigenvalue weighted by atomic mass is 79.9. The molecule has 2 amide bonds. The molecule has 0 radical (unpaired) electrons. The summed E-state index contributed by atoms with van der Waals surface area (Å²) in [6.07, 6.45) is 0.496. The molecule has 2 rings (SSSR count). The van der Waals surface area contributed by atoms with E-state index in [1.165, 1.54) is 0 Å². The van der Waals surface area contributed by atoms with Crippen molar-refractivity contribution in [3.05, 3.63) is 63.1 Å². The van der Waals surface area contributed by atoms with Crippen LogP contribution in [0.15, 0.2) is 46.9 Å². The molecule has 28 heavy (non-hydrogen) atoms. The molecule has 2 aromatic rings. The number of hydrogen-bond donors (Lipinski definition) is 1. The molecule has 0 aliphatic carbocycles. The van der Waals surface area contributed by atoms with E-state index in [0.717, 1.165) is 15.6 Å². The summed E-state index contributed by atoms with van der Waals surface area (Å²) in [5, 5.41) is 3.05. The second kappa shape index (κ2) is 10.5. The Morgan fingerprint density at radius 3 is 2.57 bits per heavy atom. The summed E-state index contributed by atoms with van der Waals surface area (Å²) < 4.78 is 6.46. The van der Waals surface area contributed by atoms with E-state index in [1.54, 1.807) is 30.1 Å². The van der Waals surface area contributed by atoms with Crippen LogP contribution in [0.5, 0.6) is 5.75 Å². The third kappa shape index (κ3) is 5.72. The van der Waals surface area contributed by atoms with Crippen LogP contribution in [-0.2, 0) is 16.1 Å². The van der Waals surface area contributed by atoms with Gasteiger partial charge >= 0.3 is 0 Å². The Morgan fingerprint density at radius 1 is 1.25 bits per heavy atom. The molecule has 0 spiro atoms. The second-order valence-corrected chi connectivity index (χ2v) is 7.67. The third-order valence-electron chi connectivity index (χ3n) is 4.48. The van der Waals surface area contributed by atoms with Crippen molar-refractivity contribution in [1.82, 2.24) is 10.2 Å². The number of likely N-dealkylation sites (N-methyl/N-ethyl adjacent to an activating group) is 1. The molecule has 150 valence electrons. The van der Waals surface area contributed by atoms with Crippen molar-refractivity contribution in [2.45, 2.75) is 32.9 Å². The summed E-state index contributed by atoms with van der Waals surface area (Å²) in [6.45, 7) is 3.98. The van der Waals surface area contributed by atoms with E-state index in [4.69, 9.17) is 16.3 Å². The van der Waals surface area contributed by atoms with Gasteiger partial charge in [-0.1, -0.05) is 58.7 Å². The average molecular weight is 468 g/mol. The molecule has 0 fully saturated rings. The van der Waals surface area contributed by atoms with E-state index in [2.05, 4.69) is 21.2 Å². The van der Waals surface area contributed by atoms with Crippen molar-refractivity contribution in [3.63, 3.8) is 0 Å². The van der Waals surface area contributed by atoms with Gasteiger partial charge in [0.15, 0.2) is 6.61 Å². The number of ether oxygens (including phenoxy) is 1. The van der Waals surface area contributed by atoms with Crippen molar-refractivity contribution in [2.75, 3.05) is 13.7 Å². The number of aryl methyl sites for hydroxylation is 1. The molecule has 5 nitrogen and oxygen atoms in total.